The van der Waals surface area contributed by atoms with Crippen molar-refractivity contribution < 1.29 is 14.3 Å². The Morgan fingerprint density at radius 2 is 2.00 bits per heavy atom. The highest BCUT2D eigenvalue weighted by atomic mass is 32.2. The van der Waals surface area contributed by atoms with Gasteiger partial charge in [-0.1, -0.05) is 53.8 Å². The molecule has 1 aromatic rings. The SMILES string of the molecule is Cc1ccc(/C=C2/SC(=S)N(CCC(=O)OCCN(C)C)C2=O)cc1. The Balaban J connectivity index is 1.90. The molecule has 0 aromatic heterocycles. The number of nitrogens with zero attached hydrogens (tertiary/aromatic N) is 2. The first-order valence-electron chi connectivity index (χ1n) is 7.99. The number of esters is 1. The first-order valence-corrected chi connectivity index (χ1v) is 9.21. The molecule has 5 nitrogen and oxygen atoms in total. The van der Waals surface area contributed by atoms with E-state index in [1.165, 1.54) is 16.7 Å². The monoisotopic (exact) mass is 378 g/mol. The zero-order chi connectivity index (χ0) is 18.4. The summed E-state index contributed by atoms with van der Waals surface area (Å²) in [4.78, 5) is 28.2. The van der Waals surface area contributed by atoms with Crippen LogP contribution in [0.3, 0.4) is 0 Å². The number of thiocarbonyl (C=S) groups is 1. The third-order valence-electron chi connectivity index (χ3n) is 3.59. The number of thioether (sulfide) groups is 1. The van der Waals surface area contributed by atoms with Crippen LogP contribution in [0, 0.1) is 6.92 Å². The van der Waals surface area contributed by atoms with Gasteiger partial charge in [0.05, 0.1) is 11.3 Å². The van der Waals surface area contributed by atoms with Crippen molar-refractivity contribution >= 4 is 46.3 Å². The number of hydrogen-bond donors (Lipinski definition) is 0. The predicted molar refractivity (Wildman–Crippen MR) is 105 cm³/mol. The van der Waals surface area contributed by atoms with E-state index in [9.17, 15) is 9.59 Å². The molecule has 0 radical (unpaired) electrons. The predicted octanol–water partition coefficient (Wildman–Crippen LogP) is 2.69. The van der Waals surface area contributed by atoms with Crippen molar-refractivity contribution in [3.8, 4) is 0 Å². The molecule has 1 heterocycles. The molecule has 0 aliphatic carbocycles. The lowest BCUT2D eigenvalue weighted by Crippen LogP contribution is -2.31. The number of hydrogen-bond acceptors (Lipinski definition) is 6. The van der Waals surface area contributed by atoms with Crippen LogP contribution < -0.4 is 0 Å². The maximum Gasteiger partial charge on any atom is 0.307 e. The Morgan fingerprint density at radius 1 is 1.32 bits per heavy atom. The van der Waals surface area contributed by atoms with E-state index < -0.39 is 0 Å². The van der Waals surface area contributed by atoms with Gasteiger partial charge in [0.15, 0.2) is 0 Å². The zero-order valence-electron chi connectivity index (χ0n) is 14.7. The molecule has 1 aromatic carbocycles. The average molecular weight is 379 g/mol. The molecule has 1 aliphatic heterocycles. The average Bonchev–Trinajstić information content (AvgIpc) is 2.81. The minimum atomic E-state index is -0.321. The quantitative estimate of drug-likeness (QED) is 0.413. The van der Waals surface area contributed by atoms with Crippen molar-refractivity contribution in [1.29, 1.82) is 0 Å². The number of likely N-dealkylation sites (N-methyl/N-ethyl adjacent to an activating group) is 1. The Bertz CT molecular complexity index is 684. The molecule has 1 aliphatic rings. The third kappa shape index (κ3) is 5.95. The summed E-state index contributed by atoms with van der Waals surface area (Å²) < 4.78 is 5.61. The summed E-state index contributed by atoms with van der Waals surface area (Å²) in [5.41, 5.74) is 2.12. The molecule has 0 unspecified atom stereocenters. The molecule has 0 saturated carbocycles. The van der Waals surface area contributed by atoms with Gasteiger partial charge in [0.2, 0.25) is 0 Å². The van der Waals surface area contributed by atoms with Crippen molar-refractivity contribution in [3.05, 3.63) is 40.3 Å². The molecule has 0 atom stereocenters. The highest BCUT2D eigenvalue weighted by Crippen LogP contribution is 2.32. The second-order valence-corrected chi connectivity index (χ2v) is 7.69. The van der Waals surface area contributed by atoms with Crippen LogP contribution in [-0.2, 0) is 14.3 Å². The molecule has 0 spiro atoms. The standard InChI is InChI=1S/C18H22N2O3S2/c1-13-4-6-14(7-5-13)12-15-17(22)20(18(24)25-15)9-8-16(21)23-11-10-19(2)3/h4-7,12H,8-11H2,1-3H3/b15-12+. The molecule has 134 valence electrons. The van der Waals surface area contributed by atoms with Gasteiger partial charge in [0.25, 0.3) is 5.91 Å². The molecule has 2 rings (SSSR count). The fraction of sp³-hybridized carbons (Fsp3) is 0.389. The number of rotatable bonds is 7. The van der Waals surface area contributed by atoms with Gasteiger partial charge in [0, 0.05) is 13.1 Å². The first-order chi connectivity index (χ1) is 11.9. The van der Waals surface area contributed by atoms with Gasteiger partial charge in [-0.2, -0.15) is 0 Å². The van der Waals surface area contributed by atoms with Crippen molar-refractivity contribution in [2.75, 3.05) is 33.8 Å². The van der Waals surface area contributed by atoms with Crippen LogP contribution in [0.4, 0.5) is 0 Å². The molecular weight excluding hydrogens is 356 g/mol. The lowest BCUT2D eigenvalue weighted by atomic mass is 10.1. The number of carbonyl (C=O) groups is 2. The van der Waals surface area contributed by atoms with Gasteiger partial charge in [-0.05, 0) is 32.7 Å². The van der Waals surface area contributed by atoms with E-state index in [2.05, 4.69) is 0 Å². The van der Waals surface area contributed by atoms with Gasteiger partial charge in [-0.15, -0.1) is 0 Å². The van der Waals surface area contributed by atoms with Crippen molar-refractivity contribution in [3.63, 3.8) is 0 Å². The van der Waals surface area contributed by atoms with E-state index in [-0.39, 0.29) is 24.8 Å². The van der Waals surface area contributed by atoms with Crippen LogP contribution in [0.15, 0.2) is 29.2 Å². The summed E-state index contributed by atoms with van der Waals surface area (Å²) in [6, 6.07) is 7.92. The lowest BCUT2D eigenvalue weighted by Gasteiger charge is -2.14. The number of ether oxygens (including phenoxy) is 1. The second-order valence-electron chi connectivity index (χ2n) is 6.02. The van der Waals surface area contributed by atoms with Crippen LogP contribution >= 0.6 is 24.0 Å². The number of amides is 1. The van der Waals surface area contributed by atoms with Gasteiger partial charge < -0.3 is 9.64 Å². The summed E-state index contributed by atoms with van der Waals surface area (Å²) in [7, 11) is 3.82. The Labute approximate surface area is 158 Å². The van der Waals surface area contributed by atoms with Crippen LogP contribution in [0.25, 0.3) is 6.08 Å². The van der Waals surface area contributed by atoms with E-state index in [0.717, 1.165) is 11.1 Å². The van der Waals surface area contributed by atoms with Crippen LogP contribution in [-0.4, -0.2) is 59.8 Å². The summed E-state index contributed by atoms with van der Waals surface area (Å²) in [5, 5.41) is 0. The van der Waals surface area contributed by atoms with E-state index in [1.807, 2.05) is 56.3 Å². The normalized spacial score (nSPS) is 16.2. The minimum Gasteiger partial charge on any atom is -0.464 e. The largest absolute Gasteiger partial charge is 0.464 e. The van der Waals surface area contributed by atoms with Crippen molar-refractivity contribution in [1.82, 2.24) is 9.80 Å². The Kier molecular flexibility index (Phi) is 7.16. The van der Waals surface area contributed by atoms with Crippen molar-refractivity contribution in [2.45, 2.75) is 13.3 Å². The maximum atomic E-state index is 12.5. The minimum absolute atomic E-state index is 0.137. The molecule has 25 heavy (non-hydrogen) atoms. The van der Waals surface area contributed by atoms with E-state index >= 15 is 0 Å². The van der Waals surface area contributed by atoms with Crippen LogP contribution in [0.5, 0.6) is 0 Å². The molecule has 0 bridgehead atoms. The summed E-state index contributed by atoms with van der Waals surface area (Å²) in [5.74, 6) is -0.477. The van der Waals surface area contributed by atoms with Gasteiger partial charge in [-0.3, -0.25) is 14.5 Å². The molecule has 1 fully saturated rings. The molecule has 7 heteroatoms. The lowest BCUT2D eigenvalue weighted by molar-refractivity contribution is -0.144. The molecule has 1 amide bonds. The fourth-order valence-corrected chi connectivity index (χ4v) is 3.43. The highest BCUT2D eigenvalue weighted by molar-refractivity contribution is 8.26. The fourth-order valence-electron chi connectivity index (χ4n) is 2.12. The molecule has 1 saturated heterocycles. The summed E-state index contributed by atoms with van der Waals surface area (Å²) in [6.07, 6.45) is 1.96. The summed E-state index contributed by atoms with van der Waals surface area (Å²) in [6.45, 7) is 3.28. The number of aryl methyl sites for hydroxylation is 1. The molecule has 0 N–H and O–H groups in total. The Hall–Kier alpha value is -1.70. The topological polar surface area (TPSA) is 49.9 Å². The Morgan fingerprint density at radius 3 is 2.64 bits per heavy atom. The van der Waals surface area contributed by atoms with Crippen LogP contribution in [0.1, 0.15) is 17.5 Å². The third-order valence-corrected chi connectivity index (χ3v) is 4.97. The van der Waals surface area contributed by atoms with Crippen LogP contribution in [0.2, 0.25) is 0 Å². The van der Waals surface area contributed by atoms with Gasteiger partial charge in [-0.25, -0.2) is 0 Å². The van der Waals surface area contributed by atoms with Crippen molar-refractivity contribution in [2.24, 2.45) is 0 Å². The zero-order valence-corrected chi connectivity index (χ0v) is 16.3. The first kappa shape index (κ1) is 19.6. The highest BCUT2D eigenvalue weighted by Gasteiger charge is 2.32. The number of benzene rings is 1. The van der Waals surface area contributed by atoms with E-state index in [0.29, 0.717) is 22.4 Å². The smallest absolute Gasteiger partial charge is 0.307 e. The second kappa shape index (κ2) is 9.12. The van der Waals surface area contributed by atoms with E-state index in [1.54, 1.807) is 0 Å². The maximum absolute atomic E-state index is 12.5. The number of carbonyl (C=O) groups excluding carboxylic acids is 2. The molecular formula is C18H22N2O3S2. The van der Waals surface area contributed by atoms with Gasteiger partial charge in [0.1, 0.15) is 10.9 Å². The summed E-state index contributed by atoms with van der Waals surface area (Å²) >= 11 is 6.54. The van der Waals surface area contributed by atoms with E-state index in [4.69, 9.17) is 17.0 Å². The van der Waals surface area contributed by atoms with Gasteiger partial charge >= 0.3 is 5.97 Å².